The first-order chi connectivity index (χ1) is 13.8. The summed E-state index contributed by atoms with van der Waals surface area (Å²) in [4.78, 5) is 23.5. The number of likely N-dealkylation sites (tertiary alicyclic amines) is 1. The molecule has 1 aliphatic heterocycles. The SMILES string of the molecule is O=C(c1cnc(NC2CCCCC2)cn1)N1CCC(Cc2ccccc2)CC1. The van der Waals surface area contributed by atoms with Crippen LogP contribution in [0.25, 0.3) is 0 Å². The highest BCUT2D eigenvalue weighted by Gasteiger charge is 2.25. The summed E-state index contributed by atoms with van der Waals surface area (Å²) >= 11 is 0. The lowest BCUT2D eigenvalue weighted by molar-refractivity contribution is 0.0684. The highest BCUT2D eigenvalue weighted by molar-refractivity contribution is 5.92. The van der Waals surface area contributed by atoms with Crippen molar-refractivity contribution in [3.8, 4) is 0 Å². The van der Waals surface area contributed by atoms with Gasteiger partial charge in [0.15, 0.2) is 0 Å². The third-order valence-electron chi connectivity index (χ3n) is 6.10. The molecule has 4 rings (SSSR count). The summed E-state index contributed by atoms with van der Waals surface area (Å²) in [5.41, 5.74) is 1.84. The van der Waals surface area contributed by atoms with E-state index in [2.05, 4.69) is 45.6 Å². The largest absolute Gasteiger partial charge is 0.366 e. The highest BCUT2D eigenvalue weighted by atomic mass is 16.2. The van der Waals surface area contributed by atoms with Gasteiger partial charge in [0.25, 0.3) is 5.91 Å². The summed E-state index contributed by atoms with van der Waals surface area (Å²) < 4.78 is 0. The molecule has 0 spiro atoms. The molecule has 1 aliphatic carbocycles. The number of rotatable bonds is 5. The lowest BCUT2D eigenvalue weighted by Crippen LogP contribution is -2.39. The molecular weight excluding hydrogens is 348 g/mol. The monoisotopic (exact) mass is 378 g/mol. The fourth-order valence-corrected chi connectivity index (χ4v) is 4.42. The van der Waals surface area contributed by atoms with Crippen LogP contribution < -0.4 is 5.32 Å². The van der Waals surface area contributed by atoms with E-state index in [0.29, 0.717) is 17.7 Å². The maximum absolute atomic E-state index is 12.8. The first-order valence-corrected chi connectivity index (χ1v) is 10.7. The second-order valence-corrected chi connectivity index (χ2v) is 8.19. The number of hydrogen-bond donors (Lipinski definition) is 1. The predicted octanol–water partition coefficient (Wildman–Crippen LogP) is 4.32. The molecule has 5 heteroatoms. The van der Waals surface area contributed by atoms with Crippen molar-refractivity contribution < 1.29 is 4.79 Å². The quantitative estimate of drug-likeness (QED) is 0.842. The van der Waals surface area contributed by atoms with Gasteiger partial charge in [0.05, 0.1) is 12.4 Å². The molecule has 1 aromatic carbocycles. The number of piperidine rings is 1. The maximum atomic E-state index is 12.8. The summed E-state index contributed by atoms with van der Waals surface area (Å²) in [5.74, 6) is 1.44. The van der Waals surface area contributed by atoms with Crippen molar-refractivity contribution in [1.29, 1.82) is 0 Å². The Kier molecular flexibility index (Phi) is 6.20. The van der Waals surface area contributed by atoms with Crippen molar-refractivity contribution in [2.75, 3.05) is 18.4 Å². The van der Waals surface area contributed by atoms with Gasteiger partial charge >= 0.3 is 0 Å². The number of anilines is 1. The number of hydrogen-bond acceptors (Lipinski definition) is 4. The van der Waals surface area contributed by atoms with Crippen molar-refractivity contribution in [1.82, 2.24) is 14.9 Å². The Morgan fingerprint density at radius 3 is 2.39 bits per heavy atom. The number of carbonyl (C=O) groups excluding carboxylic acids is 1. The highest BCUT2D eigenvalue weighted by Crippen LogP contribution is 2.23. The van der Waals surface area contributed by atoms with Crippen molar-refractivity contribution in [2.24, 2.45) is 5.92 Å². The van der Waals surface area contributed by atoms with Crippen LogP contribution in [0.15, 0.2) is 42.7 Å². The second-order valence-electron chi connectivity index (χ2n) is 8.19. The molecular formula is C23H30N4O. The third-order valence-corrected chi connectivity index (χ3v) is 6.10. The zero-order valence-electron chi connectivity index (χ0n) is 16.5. The van der Waals surface area contributed by atoms with Gasteiger partial charge in [-0.25, -0.2) is 9.97 Å². The van der Waals surface area contributed by atoms with Crippen LogP contribution in [0.2, 0.25) is 0 Å². The van der Waals surface area contributed by atoms with Crippen molar-refractivity contribution in [2.45, 2.75) is 57.4 Å². The van der Waals surface area contributed by atoms with Crippen LogP contribution in [0.3, 0.4) is 0 Å². The van der Waals surface area contributed by atoms with Crippen LogP contribution in [0.4, 0.5) is 5.82 Å². The minimum atomic E-state index is 0.00915. The van der Waals surface area contributed by atoms with E-state index >= 15 is 0 Å². The van der Waals surface area contributed by atoms with Gasteiger partial charge in [-0.1, -0.05) is 49.6 Å². The van der Waals surface area contributed by atoms with E-state index in [0.717, 1.165) is 38.2 Å². The number of nitrogens with one attached hydrogen (secondary N) is 1. The van der Waals surface area contributed by atoms with E-state index in [9.17, 15) is 4.79 Å². The molecule has 2 heterocycles. The lowest BCUT2D eigenvalue weighted by atomic mass is 9.90. The van der Waals surface area contributed by atoms with Crippen LogP contribution in [-0.2, 0) is 6.42 Å². The zero-order chi connectivity index (χ0) is 19.2. The summed E-state index contributed by atoms with van der Waals surface area (Å²) in [6, 6.07) is 11.1. The molecule has 0 bridgehead atoms. The smallest absolute Gasteiger partial charge is 0.274 e. The fourth-order valence-electron chi connectivity index (χ4n) is 4.42. The Labute approximate surface area is 167 Å². The summed E-state index contributed by atoms with van der Waals surface area (Å²) in [5, 5.41) is 3.46. The van der Waals surface area contributed by atoms with Crippen LogP contribution in [0.1, 0.15) is 61.0 Å². The van der Waals surface area contributed by atoms with Crippen LogP contribution in [-0.4, -0.2) is 39.9 Å². The molecule has 1 N–H and O–H groups in total. The van der Waals surface area contributed by atoms with Gasteiger partial charge in [-0.3, -0.25) is 4.79 Å². The van der Waals surface area contributed by atoms with Gasteiger partial charge in [0.2, 0.25) is 0 Å². The molecule has 1 saturated heterocycles. The molecule has 1 aromatic heterocycles. The third kappa shape index (κ3) is 4.89. The molecule has 2 fully saturated rings. The number of carbonyl (C=O) groups is 1. The number of amides is 1. The topological polar surface area (TPSA) is 58.1 Å². The molecule has 28 heavy (non-hydrogen) atoms. The zero-order valence-corrected chi connectivity index (χ0v) is 16.5. The molecule has 2 aromatic rings. The Morgan fingerprint density at radius 1 is 0.964 bits per heavy atom. The van der Waals surface area contributed by atoms with E-state index in [1.807, 2.05) is 4.90 Å². The van der Waals surface area contributed by atoms with Crippen LogP contribution in [0, 0.1) is 5.92 Å². The van der Waals surface area contributed by atoms with E-state index < -0.39 is 0 Å². The van der Waals surface area contributed by atoms with Crippen LogP contribution >= 0.6 is 0 Å². The number of nitrogens with zero attached hydrogens (tertiary/aromatic N) is 3. The van der Waals surface area contributed by atoms with Gasteiger partial charge in [0.1, 0.15) is 11.5 Å². The fraction of sp³-hybridized carbons (Fsp3) is 0.522. The number of aromatic nitrogens is 2. The summed E-state index contributed by atoms with van der Waals surface area (Å²) in [6.45, 7) is 1.61. The lowest BCUT2D eigenvalue weighted by Gasteiger charge is -2.32. The maximum Gasteiger partial charge on any atom is 0.274 e. The van der Waals surface area contributed by atoms with E-state index in [-0.39, 0.29) is 5.91 Å². The summed E-state index contributed by atoms with van der Waals surface area (Å²) in [6.07, 6.45) is 12.8. The first-order valence-electron chi connectivity index (χ1n) is 10.7. The molecule has 2 aliphatic rings. The van der Waals surface area contributed by atoms with Gasteiger partial charge in [-0.05, 0) is 43.6 Å². The Bertz CT molecular complexity index is 748. The Balaban J connectivity index is 1.27. The number of benzene rings is 1. The predicted molar refractivity (Wildman–Crippen MR) is 111 cm³/mol. The van der Waals surface area contributed by atoms with Gasteiger partial charge < -0.3 is 10.2 Å². The van der Waals surface area contributed by atoms with Crippen molar-refractivity contribution in [3.63, 3.8) is 0 Å². The molecule has 0 unspecified atom stereocenters. The first kappa shape index (κ1) is 18.9. The average molecular weight is 379 g/mol. The normalized spacial score (nSPS) is 18.8. The van der Waals surface area contributed by atoms with E-state index in [4.69, 9.17) is 0 Å². The second kappa shape index (κ2) is 9.18. The van der Waals surface area contributed by atoms with E-state index in [1.54, 1.807) is 12.4 Å². The molecule has 148 valence electrons. The van der Waals surface area contributed by atoms with Gasteiger partial charge in [0, 0.05) is 19.1 Å². The standard InChI is InChI=1S/C23H30N4O/c28-23(21-16-25-22(17-24-21)26-20-9-5-2-6-10-20)27-13-11-19(12-14-27)15-18-7-3-1-4-8-18/h1,3-4,7-8,16-17,19-20H,2,5-6,9-15H2,(H,25,26). The molecule has 1 saturated carbocycles. The van der Waals surface area contributed by atoms with E-state index in [1.165, 1.54) is 37.7 Å². The average Bonchev–Trinajstić information content (AvgIpc) is 2.76. The van der Waals surface area contributed by atoms with Crippen molar-refractivity contribution in [3.05, 3.63) is 54.0 Å². The van der Waals surface area contributed by atoms with Gasteiger partial charge in [-0.15, -0.1) is 0 Å². The Hall–Kier alpha value is -2.43. The molecule has 0 atom stereocenters. The van der Waals surface area contributed by atoms with Crippen LogP contribution in [0.5, 0.6) is 0 Å². The summed E-state index contributed by atoms with van der Waals surface area (Å²) in [7, 11) is 0. The molecule has 0 radical (unpaired) electrons. The van der Waals surface area contributed by atoms with Gasteiger partial charge in [-0.2, -0.15) is 0 Å². The minimum absolute atomic E-state index is 0.00915. The molecule has 1 amide bonds. The van der Waals surface area contributed by atoms with Crippen molar-refractivity contribution >= 4 is 11.7 Å². The Morgan fingerprint density at radius 2 is 1.71 bits per heavy atom. The minimum Gasteiger partial charge on any atom is -0.366 e. The molecule has 5 nitrogen and oxygen atoms in total.